The molecule has 0 aromatic carbocycles. The molecule has 1 aromatic rings. The van der Waals surface area contributed by atoms with Crippen molar-refractivity contribution in [3.8, 4) is 0 Å². The number of hydrogen-bond acceptors (Lipinski definition) is 4. The molecule has 1 aromatic heterocycles. The highest BCUT2D eigenvalue weighted by Gasteiger charge is 2.30. The van der Waals surface area contributed by atoms with Crippen molar-refractivity contribution in [1.82, 2.24) is 9.47 Å². The van der Waals surface area contributed by atoms with Crippen LogP contribution in [-0.2, 0) is 17.8 Å². The molecule has 0 unspecified atom stereocenters. The van der Waals surface area contributed by atoms with Gasteiger partial charge in [0.05, 0.1) is 6.54 Å². The van der Waals surface area contributed by atoms with Crippen molar-refractivity contribution in [2.45, 2.75) is 59.5 Å². The van der Waals surface area contributed by atoms with E-state index in [1.54, 1.807) is 20.8 Å². The Hall–Kier alpha value is -2.52. The van der Waals surface area contributed by atoms with Crippen LogP contribution in [0.4, 0.5) is 18.0 Å². The molecule has 0 radical (unpaired) electrons. The number of alkyl halides is 3. The minimum Gasteiger partial charge on any atom is -0.477 e. The summed E-state index contributed by atoms with van der Waals surface area (Å²) >= 11 is 0. The molecule has 1 rings (SSSR count). The van der Waals surface area contributed by atoms with Gasteiger partial charge in [0.1, 0.15) is 17.7 Å². The molecule has 28 heavy (non-hydrogen) atoms. The van der Waals surface area contributed by atoms with Crippen molar-refractivity contribution >= 4 is 12.1 Å². The van der Waals surface area contributed by atoms with Gasteiger partial charge in [0.25, 0.3) is 5.56 Å². The van der Waals surface area contributed by atoms with E-state index in [2.05, 4.69) is 0 Å². The molecule has 0 spiro atoms. The van der Waals surface area contributed by atoms with Gasteiger partial charge in [-0.25, -0.2) is 9.59 Å². The summed E-state index contributed by atoms with van der Waals surface area (Å²) in [5.74, 6) is -1.62. The molecule has 7 nitrogen and oxygen atoms in total. The topological polar surface area (TPSA) is 88.8 Å². The van der Waals surface area contributed by atoms with Crippen LogP contribution in [-0.4, -0.2) is 45.0 Å². The quantitative estimate of drug-likeness (QED) is 0.781. The van der Waals surface area contributed by atoms with Gasteiger partial charge in [0.15, 0.2) is 0 Å². The van der Waals surface area contributed by atoms with Crippen molar-refractivity contribution in [3.05, 3.63) is 33.7 Å². The van der Waals surface area contributed by atoms with Crippen molar-refractivity contribution < 1.29 is 32.6 Å². The highest BCUT2D eigenvalue weighted by Crippen LogP contribution is 2.18. The van der Waals surface area contributed by atoms with Crippen LogP contribution in [0.3, 0.4) is 0 Å². The molecular formula is C18H25F3N2O5. The van der Waals surface area contributed by atoms with Crippen LogP contribution in [0, 0.1) is 5.92 Å². The van der Waals surface area contributed by atoms with Gasteiger partial charge in [-0.15, -0.1) is 0 Å². The lowest BCUT2D eigenvalue weighted by molar-refractivity contribution is -0.141. The van der Waals surface area contributed by atoms with Crippen molar-refractivity contribution in [2.75, 3.05) is 6.54 Å². The Morgan fingerprint density at radius 1 is 1.25 bits per heavy atom. The molecule has 10 heteroatoms. The Balaban J connectivity index is 3.32. The number of amides is 1. The van der Waals surface area contributed by atoms with Crippen molar-refractivity contribution in [2.24, 2.45) is 5.92 Å². The summed E-state index contributed by atoms with van der Waals surface area (Å²) in [5.41, 5.74) is -2.77. The number of ether oxygens (including phenoxy) is 1. The van der Waals surface area contributed by atoms with Crippen LogP contribution in [0.1, 0.15) is 50.5 Å². The summed E-state index contributed by atoms with van der Waals surface area (Å²) in [6, 6.07) is 0.981. The molecular weight excluding hydrogens is 381 g/mol. The Bertz CT molecular complexity index is 779. The Morgan fingerprint density at radius 3 is 2.25 bits per heavy atom. The van der Waals surface area contributed by atoms with E-state index in [-0.39, 0.29) is 24.6 Å². The molecule has 0 aliphatic carbocycles. The Kier molecular flexibility index (Phi) is 7.27. The van der Waals surface area contributed by atoms with E-state index in [0.29, 0.717) is 4.57 Å². The first kappa shape index (κ1) is 23.5. The molecule has 0 atom stereocenters. The molecule has 0 aliphatic heterocycles. The highest BCUT2D eigenvalue weighted by molar-refractivity contribution is 5.87. The first-order valence-corrected chi connectivity index (χ1v) is 8.60. The van der Waals surface area contributed by atoms with Gasteiger partial charge in [-0.05, 0) is 38.3 Å². The Labute approximate surface area is 160 Å². The lowest BCUT2D eigenvalue weighted by Crippen LogP contribution is -2.39. The highest BCUT2D eigenvalue weighted by atomic mass is 19.4. The van der Waals surface area contributed by atoms with Crippen LogP contribution in [0.2, 0.25) is 0 Å². The summed E-state index contributed by atoms with van der Waals surface area (Å²) in [4.78, 5) is 37.0. The van der Waals surface area contributed by atoms with E-state index in [4.69, 9.17) is 9.84 Å². The predicted molar refractivity (Wildman–Crippen MR) is 95.2 cm³/mol. The van der Waals surface area contributed by atoms with Gasteiger partial charge in [0.2, 0.25) is 0 Å². The number of carbonyl (C=O) groups is 2. The number of hydrogen-bond donors (Lipinski definition) is 1. The van der Waals surface area contributed by atoms with E-state index in [9.17, 15) is 27.6 Å². The maximum absolute atomic E-state index is 12.7. The number of aromatic nitrogens is 1. The van der Waals surface area contributed by atoms with Crippen LogP contribution in [0.25, 0.3) is 0 Å². The number of rotatable bonds is 6. The smallest absolute Gasteiger partial charge is 0.410 e. The zero-order valence-electron chi connectivity index (χ0n) is 16.5. The monoisotopic (exact) mass is 406 g/mol. The summed E-state index contributed by atoms with van der Waals surface area (Å²) in [5, 5.41) is 9.15. The number of carboxylic acid groups (broad SMARTS) is 1. The summed E-state index contributed by atoms with van der Waals surface area (Å²) in [6.07, 6.45) is -4.48. The fraction of sp³-hybridized carbons (Fsp3) is 0.611. The third-order valence-corrected chi connectivity index (χ3v) is 3.33. The van der Waals surface area contributed by atoms with Gasteiger partial charge < -0.3 is 19.3 Å². The zero-order valence-corrected chi connectivity index (χ0v) is 16.5. The summed E-state index contributed by atoms with van der Waals surface area (Å²) in [6.45, 7) is 7.09. The van der Waals surface area contributed by atoms with Gasteiger partial charge in [-0.3, -0.25) is 4.79 Å². The maximum atomic E-state index is 12.7. The van der Waals surface area contributed by atoms with Crippen molar-refractivity contribution in [3.63, 3.8) is 0 Å². The normalized spacial score (nSPS) is 12.2. The molecule has 1 amide bonds. The van der Waals surface area contributed by atoms with Gasteiger partial charge >= 0.3 is 18.2 Å². The molecule has 1 N–H and O–H groups in total. The lowest BCUT2D eigenvalue weighted by Gasteiger charge is -2.29. The predicted octanol–water partition coefficient (Wildman–Crippen LogP) is 3.50. The second-order valence-electron chi connectivity index (χ2n) is 7.87. The lowest BCUT2D eigenvalue weighted by atomic mass is 10.1. The minimum atomic E-state index is -4.71. The second kappa shape index (κ2) is 8.66. The second-order valence-corrected chi connectivity index (χ2v) is 7.87. The largest absolute Gasteiger partial charge is 0.477 e. The van der Waals surface area contributed by atoms with Gasteiger partial charge in [0, 0.05) is 12.7 Å². The molecule has 0 saturated carbocycles. The summed E-state index contributed by atoms with van der Waals surface area (Å²) < 4.78 is 43.8. The molecule has 0 aliphatic rings. The fourth-order valence-corrected chi connectivity index (χ4v) is 2.44. The van der Waals surface area contributed by atoms with Crippen LogP contribution in [0.5, 0.6) is 0 Å². The number of aromatic carboxylic acids is 1. The van der Waals surface area contributed by atoms with Crippen LogP contribution < -0.4 is 5.56 Å². The number of carboxylic acids is 1. The SMILES string of the molecule is CC(C)CN(Cc1cc(C(=O)O)c(=O)n(CC(F)(F)F)c1)C(=O)OC(C)(C)C. The Morgan fingerprint density at radius 2 is 1.82 bits per heavy atom. The van der Waals surface area contributed by atoms with E-state index in [0.717, 1.165) is 12.3 Å². The van der Waals surface area contributed by atoms with Crippen LogP contribution >= 0.6 is 0 Å². The van der Waals surface area contributed by atoms with Gasteiger partial charge in [-0.1, -0.05) is 13.8 Å². The first-order chi connectivity index (χ1) is 12.6. The number of nitrogens with zero attached hydrogens (tertiary/aromatic N) is 2. The molecule has 0 bridgehead atoms. The van der Waals surface area contributed by atoms with Crippen molar-refractivity contribution in [1.29, 1.82) is 0 Å². The average Bonchev–Trinajstić information content (AvgIpc) is 2.45. The third-order valence-electron chi connectivity index (χ3n) is 3.33. The van der Waals surface area contributed by atoms with Gasteiger partial charge in [-0.2, -0.15) is 13.2 Å². The molecule has 158 valence electrons. The van der Waals surface area contributed by atoms with E-state index >= 15 is 0 Å². The third kappa shape index (κ3) is 7.61. The van der Waals surface area contributed by atoms with E-state index in [1.165, 1.54) is 4.90 Å². The molecule has 0 fully saturated rings. The number of pyridine rings is 1. The van der Waals surface area contributed by atoms with E-state index in [1.807, 2.05) is 13.8 Å². The zero-order chi connectivity index (χ0) is 21.9. The standard InChI is InChI=1S/C18H25F3N2O5/c1-11(2)7-22(16(27)28-17(3,4)5)8-12-6-13(15(25)26)14(24)23(9-12)10-18(19,20)21/h6,9,11H,7-8,10H2,1-5H3,(H,25,26). The molecule has 0 saturated heterocycles. The molecule has 1 heterocycles. The fourth-order valence-electron chi connectivity index (χ4n) is 2.44. The number of halogens is 3. The average molecular weight is 406 g/mol. The first-order valence-electron chi connectivity index (χ1n) is 8.60. The van der Waals surface area contributed by atoms with Crippen LogP contribution in [0.15, 0.2) is 17.1 Å². The number of carbonyl (C=O) groups excluding carboxylic acids is 1. The van der Waals surface area contributed by atoms with E-state index < -0.39 is 41.5 Å². The maximum Gasteiger partial charge on any atom is 0.410 e. The summed E-state index contributed by atoms with van der Waals surface area (Å²) in [7, 11) is 0. The minimum absolute atomic E-state index is 0.0209.